The third-order valence-corrected chi connectivity index (χ3v) is 2.46. The summed E-state index contributed by atoms with van der Waals surface area (Å²) in [7, 11) is 1.22. The first-order valence-electron chi connectivity index (χ1n) is 6.47. The fourth-order valence-electron chi connectivity index (χ4n) is 1.41. The second kappa shape index (κ2) is 9.39. The number of hydrogen-bond acceptors (Lipinski definition) is 6. The van der Waals surface area contributed by atoms with Crippen LogP contribution in [0.15, 0.2) is 36.0 Å². The molecule has 0 heterocycles. The molecule has 0 aliphatic rings. The van der Waals surface area contributed by atoms with Crippen LogP contribution < -0.4 is 10.1 Å². The fourth-order valence-corrected chi connectivity index (χ4v) is 1.41. The number of ether oxygens (including phenoxy) is 3. The van der Waals surface area contributed by atoms with Crippen molar-refractivity contribution in [2.24, 2.45) is 0 Å². The van der Waals surface area contributed by atoms with E-state index in [1.807, 2.05) is 6.92 Å². The summed E-state index contributed by atoms with van der Waals surface area (Å²) >= 11 is 0. The van der Waals surface area contributed by atoms with Gasteiger partial charge in [0.05, 0.1) is 13.7 Å². The molecule has 0 aliphatic heterocycles. The van der Waals surface area contributed by atoms with Crippen LogP contribution in [-0.2, 0) is 14.3 Å². The first-order valence-corrected chi connectivity index (χ1v) is 6.47. The molecule has 0 aliphatic carbocycles. The zero-order valence-electron chi connectivity index (χ0n) is 12.1. The van der Waals surface area contributed by atoms with Crippen LogP contribution >= 0.6 is 0 Å². The molecule has 1 N–H and O–H groups in total. The molecule has 0 amide bonds. The Labute approximate surface area is 123 Å². The fraction of sp³-hybridized carbons (Fsp3) is 0.333. The topological polar surface area (TPSA) is 80.6 Å². The lowest BCUT2D eigenvalue weighted by Crippen LogP contribution is -2.06. The standard InChI is InChI=1S/C15H18N2O4/c1-3-20-8-9-21-14-6-4-13(5-7-14)17-11-12(10-16)15(18)19-2/h4-7,11,17H,3,8-9H2,1-2H3/b12-11-. The monoisotopic (exact) mass is 290 g/mol. The summed E-state index contributed by atoms with van der Waals surface area (Å²) in [6.45, 7) is 3.63. The Morgan fingerprint density at radius 2 is 2.05 bits per heavy atom. The van der Waals surface area contributed by atoms with Crippen LogP contribution in [0.4, 0.5) is 5.69 Å². The molecule has 0 spiro atoms. The Kier molecular flexibility index (Phi) is 7.40. The van der Waals surface area contributed by atoms with Crippen molar-refractivity contribution in [3.8, 4) is 11.8 Å². The van der Waals surface area contributed by atoms with Crippen LogP contribution in [0.2, 0.25) is 0 Å². The highest BCUT2D eigenvalue weighted by Gasteiger charge is 2.07. The maximum Gasteiger partial charge on any atom is 0.350 e. The van der Waals surface area contributed by atoms with Crippen molar-refractivity contribution >= 4 is 11.7 Å². The highest BCUT2D eigenvalue weighted by Crippen LogP contribution is 2.16. The van der Waals surface area contributed by atoms with Gasteiger partial charge in [-0.3, -0.25) is 0 Å². The van der Waals surface area contributed by atoms with Gasteiger partial charge in [0.2, 0.25) is 0 Å². The number of methoxy groups -OCH3 is 1. The summed E-state index contributed by atoms with van der Waals surface area (Å²) in [6, 6.07) is 8.88. The van der Waals surface area contributed by atoms with E-state index in [-0.39, 0.29) is 5.57 Å². The second-order valence-corrected chi connectivity index (χ2v) is 3.88. The number of nitrogens with one attached hydrogen (secondary N) is 1. The number of nitriles is 1. The lowest BCUT2D eigenvalue weighted by Gasteiger charge is -2.07. The van der Waals surface area contributed by atoms with Gasteiger partial charge in [-0.15, -0.1) is 0 Å². The van der Waals surface area contributed by atoms with E-state index >= 15 is 0 Å². The van der Waals surface area contributed by atoms with E-state index in [0.29, 0.717) is 19.8 Å². The van der Waals surface area contributed by atoms with E-state index < -0.39 is 5.97 Å². The molecule has 0 saturated heterocycles. The maximum atomic E-state index is 11.2. The van der Waals surface area contributed by atoms with Gasteiger partial charge < -0.3 is 19.5 Å². The molecule has 1 aromatic carbocycles. The molecule has 0 saturated carbocycles. The van der Waals surface area contributed by atoms with Crippen LogP contribution in [0, 0.1) is 11.3 Å². The van der Waals surface area contributed by atoms with E-state index in [1.54, 1.807) is 30.3 Å². The minimum atomic E-state index is -0.680. The minimum Gasteiger partial charge on any atom is -0.491 e. The van der Waals surface area contributed by atoms with Crippen molar-refractivity contribution in [1.29, 1.82) is 5.26 Å². The molecule has 0 bridgehead atoms. The third-order valence-electron chi connectivity index (χ3n) is 2.46. The Morgan fingerprint density at radius 3 is 2.62 bits per heavy atom. The number of benzene rings is 1. The number of carbonyl (C=O) groups is 1. The summed E-state index contributed by atoms with van der Waals surface area (Å²) < 4.78 is 15.1. The van der Waals surface area contributed by atoms with Crippen LogP contribution in [0.1, 0.15) is 6.92 Å². The predicted octanol–water partition coefficient (Wildman–Crippen LogP) is 2.09. The predicted molar refractivity (Wildman–Crippen MR) is 77.8 cm³/mol. The number of rotatable bonds is 8. The van der Waals surface area contributed by atoms with E-state index in [2.05, 4.69) is 10.1 Å². The summed E-state index contributed by atoms with van der Waals surface area (Å²) in [6.07, 6.45) is 1.30. The number of hydrogen-bond donors (Lipinski definition) is 1. The van der Waals surface area contributed by atoms with Gasteiger partial charge in [-0.1, -0.05) is 0 Å². The average Bonchev–Trinajstić information content (AvgIpc) is 2.53. The van der Waals surface area contributed by atoms with E-state index in [0.717, 1.165) is 11.4 Å². The molecule has 112 valence electrons. The molecule has 21 heavy (non-hydrogen) atoms. The Bertz CT molecular complexity index is 517. The van der Waals surface area contributed by atoms with Gasteiger partial charge in [0, 0.05) is 18.5 Å². The van der Waals surface area contributed by atoms with Crippen molar-refractivity contribution in [2.45, 2.75) is 6.92 Å². The first-order chi connectivity index (χ1) is 10.2. The van der Waals surface area contributed by atoms with E-state index in [4.69, 9.17) is 14.7 Å². The summed E-state index contributed by atoms with van der Waals surface area (Å²) in [4.78, 5) is 11.2. The Hall–Kier alpha value is -2.52. The van der Waals surface area contributed by atoms with E-state index in [9.17, 15) is 4.79 Å². The van der Waals surface area contributed by atoms with Crippen LogP contribution in [-0.4, -0.2) is 32.9 Å². The molecule has 0 fully saturated rings. The van der Waals surface area contributed by atoms with Crippen LogP contribution in [0.25, 0.3) is 0 Å². The van der Waals surface area contributed by atoms with Crippen molar-refractivity contribution < 1.29 is 19.0 Å². The second-order valence-electron chi connectivity index (χ2n) is 3.88. The summed E-state index contributed by atoms with van der Waals surface area (Å²) in [5, 5.41) is 11.6. The molecule has 1 aromatic rings. The largest absolute Gasteiger partial charge is 0.491 e. The van der Waals surface area contributed by atoms with Gasteiger partial charge in [0.15, 0.2) is 5.57 Å². The van der Waals surface area contributed by atoms with Gasteiger partial charge in [-0.25, -0.2) is 4.79 Å². The first kappa shape index (κ1) is 16.5. The van der Waals surface area contributed by atoms with Crippen LogP contribution in [0.5, 0.6) is 5.75 Å². The Morgan fingerprint density at radius 1 is 1.33 bits per heavy atom. The molecule has 1 rings (SSSR count). The van der Waals surface area contributed by atoms with Gasteiger partial charge in [0.25, 0.3) is 0 Å². The minimum absolute atomic E-state index is 0.102. The lowest BCUT2D eigenvalue weighted by molar-refractivity contribution is -0.135. The summed E-state index contributed by atoms with van der Waals surface area (Å²) in [5.74, 6) is 0.0404. The molecule has 6 nitrogen and oxygen atoms in total. The molecule has 6 heteroatoms. The van der Waals surface area contributed by atoms with E-state index in [1.165, 1.54) is 13.3 Å². The van der Waals surface area contributed by atoms with Gasteiger partial charge in [0.1, 0.15) is 18.4 Å². The number of carbonyl (C=O) groups excluding carboxylic acids is 1. The lowest BCUT2D eigenvalue weighted by atomic mass is 10.3. The third kappa shape index (κ3) is 5.97. The molecular formula is C15H18N2O4. The van der Waals surface area contributed by atoms with Gasteiger partial charge in [-0.2, -0.15) is 5.26 Å². The van der Waals surface area contributed by atoms with Gasteiger partial charge in [-0.05, 0) is 31.2 Å². The SMILES string of the molecule is CCOCCOc1ccc(N/C=C(/C#N)C(=O)OC)cc1. The summed E-state index contributed by atoms with van der Waals surface area (Å²) in [5.41, 5.74) is 0.623. The number of esters is 1. The van der Waals surface area contributed by atoms with Crippen LogP contribution in [0.3, 0.4) is 0 Å². The number of anilines is 1. The maximum absolute atomic E-state index is 11.2. The zero-order valence-corrected chi connectivity index (χ0v) is 12.1. The quantitative estimate of drug-likeness (QED) is 0.342. The van der Waals surface area contributed by atoms with Crippen molar-refractivity contribution in [3.05, 3.63) is 36.0 Å². The molecule has 0 atom stereocenters. The van der Waals surface area contributed by atoms with Gasteiger partial charge >= 0.3 is 5.97 Å². The molecule has 0 aromatic heterocycles. The Balaban J connectivity index is 2.53. The smallest absolute Gasteiger partial charge is 0.350 e. The molecule has 0 radical (unpaired) electrons. The molecular weight excluding hydrogens is 272 g/mol. The van der Waals surface area contributed by atoms with Crippen molar-refractivity contribution in [2.75, 3.05) is 32.2 Å². The molecule has 0 unspecified atom stereocenters. The number of nitrogens with zero attached hydrogens (tertiary/aromatic N) is 1. The van der Waals surface area contributed by atoms with Crippen molar-refractivity contribution in [3.63, 3.8) is 0 Å². The average molecular weight is 290 g/mol. The normalized spacial score (nSPS) is 10.6. The van der Waals surface area contributed by atoms with Crippen molar-refractivity contribution in [1.82, 2.24) is 0 Å². The zero-order chi connectivity index (χ0) is 15.5. The highest BCUT2D eigenvalue weighted by molar-refractivity contribution is 5.92. The highest BCUT2D eigenvalue weighted by atomic mass is 16.5.